The topological polar surface area (TPSA) is 57.3 Å². The summed E-state index contributed by atoms with van der Waals surface area (Å²) in [6.45, 7) is 7.52. The zero-order valence-electron chi connectivity index (χ0n) is 15.6. The molecule has 2 heterocycles. The van der Waals surface area contributed by atoms with E-state index in [0.717, 1.165) is 31.9 Å². The van der Waals surface area contributed by atoms with Crippen LogP contribution in [0.25, 0.3) is 0 Å². The van der Waals surface area contributed by atoms with Crippen LogP contribution < -0.4 is 15.5 Å². The van der Waals surface area contributed by atoms with E-state index >= 15 is 0 Å². The average Bonchev–Trinajstić information content (AvgIpc) is 2.68. The number of hydrogen-bond acceptors (Lipinski definition) is 4. The number of hydrogen-bond donors (Lipinski definition) is 2. The lowest BCUT2D eigenvalue weighted by molar-refractivity contribution is 0.0952. The van der Waals surface area contributed by atoms with Crippen molar-refractivity contribution in [3.63, 3.8) is 0 Å². The van der Waals surface area contributed by atoms with Gasteiger partial charge in [-0.05, 0) is 30.0 Å². The molecule has 1 amide bonds. The number of nitrogens with one attached hydrogen (secondary N) is 2. The molecule has 138 valence electrons. The van der Waals surface area contributed by atoms with E-state index in [1.807, 2.05) is 18.2 Å². The summed E-state index contributed by atoms with van der Waals surface area (Å²) in [4.78, 5) is 19.4. The molecule has 1 fully saturated rings. The lowest BCUT2D eigenvalue weighted by Gasteiger charge is -2.35. The van der Waals surface area contributed by atoms with Gasteiger partial charge < -0.3 is 15.5 Å². The van der Waals surface area contributed by atoms with Gasteiger partial charge in [-0.25, -0.2) is 4.98 Å². The molecule has 0 unspecified atom stereocenters. The van der Waals surface area contributed by atoms with Crippen LogP contribution >= 0.6 is 0 Å². The summed E-state index contributed by atoms with van der Waals surface area (Å²) >= 11 is 0. The van der Waals surface area contributed by atoms with Crippen LogP contribution in [0.5, 0.6) is 0 Å². The molecule has 1 atom stereocenters. The minimum atomic E-state index is -0.0384. The lowest BCUT2D eigenvalue weighted by atomic mass is 10.0. The maximum atomic E-state index is 12.6. The van der Waals surface area contributed by atoms with E-state index in [0.29, 0.717) is 18.0 Å². The Hall–Kier alpha value is -2.40. The Morgan fingerprint density at radius 3 is 2.85 bits per heavy atom. The molecule has 0 spiro atoms. The van der Waals surface area contributed by atoms with Crippen molar-refractivity contribution < 1.29 is 4.79 Å². The smallest absolute Gasteiger partial charge is 0.255 e. The molecule has 1 aliphatic rings. The number of carbonyl (C=O) groups is 1. The van der Waals surface area contributed by atoms with Crippen LogP contribution in [-0.4, -0.2) is 37.1 Å². The number of carbonyl (C=O) groups excluding carboxylic acids is 1. The fourth-order valence-electron chi connectivity index (χ4n) is 3.25. The third-order valence-corrected chi connectivity index (χ3v) is 4.72. The summed E-state index contributed by atoms with van der Waals surface area (Å²) in [5, 5.41) is 6.59. The molecule has 1 aliphatic heterocycles. The number of aromatic nitrogens is 1. The van der Waals surface area contributed by atoms with Gasteiger partial charge in [0.15, 0.2) is 0 Å². The maximum absolute atomic E-state index is 12.6. The predicted octanol–water partition coefficient (Wildman–Crippen LogP) is 3.01. The van der Waals surface area contributed by atoms with Crippen LogP contribution in [0.15, 0.2) is 48.7 Å². The standard InChI is InChI=1S/C21H28N4O/c1-16(2)10-12-24-21(26)18-9-6-11-23-20(18)25-14-13-22-19(15-25)17-7-4-3-5-8-17/h3-9,11,16,19,22H,10,12-15H2,1-2H3,(H,24,26)/t19-/m1/s1. The molecule has 0 bridgehead atoms. The Balaban J connectivity index is 1.73. The summed E-state index contributed by atoms with van der Waals surface area (Å²) in [5.41, 5.74) is 1.92. The zero-order valence-corrected chi connectivity index (χ0v) is 15.6. The zero-order chi connectivity index (χ0) is 18.4. The minimum Gasteiger partial charge on any atom is -0.353 e. The van der Waals surface area contributed by atoms with Gasteiger partial charge in [0.05, 0.1) is 5.56 Å². The molecule has 2 N–H and O–H groups in total. The minimum absolute atomic E-state index is 0.0384. The second kappa shape index (κ2) is 8.81. The molecule has 1 aromatic heterocycles. The van der Waals surface area contributed by atoms with Gasteiger partial charge >= 0.3 is 0 Å². The number of pyridine rings is 1. The summed E-state index contributed by atoms with van der Waals surface area (Å²) in [7, 11) is 0. The van der Waals surface area contributed by atoms with Crippen LogP contribution in [0.3, 0.4) is 0 Å². The molecule has 1 saturated heterocycles. The number of piperazine rings is 1. The van der Waals surface area contributed by atoms with Crippen molar-refractivity contribution in [1.29, 1.82) is 0 Å². The largest absolute Gasteiger partial charge is 0.353 e. The van der Waals surface area contributed by atoms with E-state index in [9.17, 15) is 4.79 Å². The molecule has 5 nitrogen and oxygen atoms in total. The van der Waals surface area contributed by atoms with Gasteiger partial charge in [0.2, 0.25) is 0 Å². The monoisotopic (exact) mass is 352 g/mol. The third-order valence-electron chi connectivity index (χ3n) is 4.72. The van der Waals surface area contributed by atoms with E-state index in [4.69, 9.17) is 0 Å². The summed E-state index contributed by atoms with van der Waals surface area (Å²) in [6, 6.07) is 14.4. The summed E-state index contributed by atoms with van der Waals surface area (Å²) in [5.74, 6) is 1.31. The first kappa shape index (κ1) is 18.4. The number of amides is 1. The first-order valence-electron chi connectivity index (χ1n) is 9.41. The molecule has 0 saturated carbocycles. The average molecular weight is 352 g/mol. The van der Waals surface area contributed by atoms with E-state index in [2.05, 4.69) is 58.6 Å². The Bertz CT molecular complexity index is 717. The highest BCUT2D eigenvalue weighted by Crippen LogP contribution is 2.23. The quantitative estimate of drug-likeness (QED) is 0.839. The SMILES string of the molecule is CC(C)CCNC(=O)c1cccnc1N1CCN[C@@H](c2ccccc2)C1. The first-order chi connectivity index (χ1) is 12.6. The summed E-state index contributed by atoms with van der Waals surface area (Å²) in [6.07, 6.45) is 2.74. The van der Waals surface area contributed by atoms with Crippen molar-refractivity contribution in [2.24, 2.45) is 5.92 Å². The van der Waals surface area contributed by atoms with Crippen LogP contribution in [0.2, 0.25) is 0 Å². The van der Waals surface area contributed by atoms with Crippen molar-refractivity contribution in [2.45, 2.75) is 26.3 Å². The number of benzene rings is 1. The van der Waals surface area contributed by atoms with E-state index < -0.39 is 0 Å². The van der Waals surface area contributed by atoms with Crippen molar-refractivity contribution in [3.05, 3.63) is 59.8 Å². The molecule has 2 aromatic rings. The van der Waals surface area contributed by atoms with Gasteiger partial charge in [-0.15, -0.1) is 0 Å². The Kier molecular flexibility index (Phi) is 6.23. The predicted molar refractivity (Wildman–Crippen MR) is 105 cm³/mol. The third kappa shape index (κ3) is 4.61. The second-order valence-corrected chi connectivity index (χ2v) is 7.18. The molecule has 0 aliphatic carbocycles. The molecule has 0 radical (unpaired) electrons. The molecule has 26 heavy (non-hydrogen) atoms. The first-order valence-corrected chi connectivity index (χ1v) is 9.41. The van der Waals surface area contributed by atoms with Gasteiger partial charge in [-0.2, -0.15) is 0 Å². The molecule has 1 aromatic carbocycles. The summed E-state index contributed by atoms with van der Waals surface area (Å²) < 4.78 is 0. The highest BCUT2D eigenvalue weighted by Gasteiger charge is 2.24. The Morgan fingerprint density at radius 1 is 1.27 bits per heavy atom. The van der Waals surface area contributed by atoms with Gasteiger partial charge in [0, 0.05) is 38.4 Å². The van der Waals surface area contributed by atoms with Crippen molar-refractivity contribution in [1.82, 2.24) is 15.6 Å². The fourth-order valence-corrected chi connectivity index (χ4v) is 3.25. The fraction of sp³-hybridized carbons (Fsp3) is 0.429. The highest BCUT2D eigenvalue weighted by atomic mass is 16.1. The second-order valence-electron chi connectivity index (χ2n) is 7.18. The highest BCUT2D eigenvalue weighted by molar-refractivity contribution is 5.98. The number of rotatable bonds is 6. The van der Waals surface area contributed by atoms with E-state index in [1.54, 1.807) is 6.20 Å². The maximum Gasteiger partial charge on any atom is 0.255 e. The molecular formula is C21H28N4O. The molecule has 3 rings (SSSR count). The van der Waals surface area contributed by atoms with Gasteiger partial charge in [-0.3, -0.25) is 4.79 Å². The molecular weight excluding hydrogens is 324 g/mol. The van der Waals surface area contributed by atoms with Gasteiger partial charge in [0.1, 0.15) is 5.82 Å². The Morgan fingerprint density at radius 2 is 2.08 bits per heavy atom. The Labute approximate surface area is 155 Å². The number of nitrogens with zero attached hydrogens (tertiary/aromatic N) is 2. The normalized spacial score (nSPS) is 17.3. The van der Waals surface area contributed by atoms with Gasteiger partial charge in [0.25, 0.3) is 5.91 Å². The van der Waals surface area contributed by atoms with Gasteiger partial charge in [-0.1, -0.05) is 44.2 Å². The lowest BCUT2D eigenvalue weighted by Crippen LogP contribution is -2.46. The van der Waals surface area contributed by atoms with Crippen molar-refractivity contribution in [3.8, 4) is 0 Å². The van der Waals surface area contributed by atoms with E-state index in [-0.39, 0.29) is 11.9 Å². The number of anilines is 1. The van der Waals surface area contributed by atoms with Crippen LogP contribution in [0.1, 0.15) is 42.2 Å². The molecule has 5 heteroatoms. The van der Waals surface area contributed by atoms with Crippen molar-refractivity contribution >= 4 is 11.7 Å². The van der Waals surface area contributed by atoms with Crippen molar-refractivity contribution in [2.75, 3.05) is 31.1 Å². The van der Waals surface area contributed by atoms with Crippen LogP contribution in [-0.2, 0) is 0 Å². The van der Waals surface area contributed by atoms with Crippen LogP contribution in [0.4, 0.5) is 5.82 Å². The van der Waals surface area contributed by atoms with E-state index in [1.165, 1.54) is 5.56 Å². The van der Waals surface area contributed by atoms with Crippen LogP contribution in [0, 0.1) is 5.92 Å².